The van der Waals surface area contributed by atoms with Crippen LogP contribution in [0.5, 0.6) is 0 Å². The van der Waals surface area contributed by atoms with Crippen LogP contribution < -0.4 is 5.32 Å². The predicted molar refractivity (Wildman–Crippen MR) is 81.1 cm³/mol. The normalized spacial score (nSPS) is 31.6. The third kappa shape index (κ3) is 3.06. The number of rotatable bonds is 6. The van der Waals surface area contributed by atoms with Crippen molar-refractivity contribution in [2.75, 3.05) is 13.1 Å². The highest BCUT2D eigenvalue weighted by molar-refractivity contribution is 5.21. The number of nitrogens with one attached hydrogen (secondary N) is 1. The molecule has 2 heteroatoms. The summed E-state index contributed by atoms with van der Waals surface area (Å²) in [7, 11) is 0. The molecule has 2 atom stereocenters. The molecule has 0 heterocycles. The van der Waals surface area contributed by atoms with Gasteiger partial charge in [0.25, 0.3) is 0 Å². The van der Waals surface area contributed by atoms with E-state index >= 15 is 0 Å². The molecule has 2 saturated carbocycles. The lowest BCUT2D eigenvalue weighted by Gasteiger charge is -2.32. The van der Waals surface area contributed by atoms with Gasteiger partial charge in [-0.3, -0.25) is 0 Å². The van der Waals surface area contributed by atoms with Gasteiger partial charge in [0.05, 0.1) is 0 Å². The van der Waals surface area contributed by atoms with E-state index in [9.17, 15) is 4.39 Å². The Kier molecular flexibility index (Phi) is 3.85. The Balaban J connectivity index is 1.68. The third-order valence-electron chi connectivity index (χ3n) is 5.04. The van der Waals surface area contributed by atoms with Gasteiger partial charge in [-0.15, -0.1) is 0 Å². The monoisotopic (exact) mass is 275 g/mol. The fourth-order valence-electron chi connectivity index (χ4n) is 4.03. The molecule has 2 fully saturated rings. The molecule has 20 heavy (non-hydrogen) atoms. The smallest absolute Gasteiger partial charge is 0.126 e. The molecular weight excluding hydrogens is 249 g/mol. The van der Waals surface area contributed by atoms with Crippen LogP contribution in [0, 0.1) is 29.0 Å². The maximum atomic E-state index is 14.0. The zero-order chi connectivity index (χ0) is 14.2. The summed E-state index contributed by atoms with van der Waals surface area (Å²) in [6.45, 7) is 6.59. The van der Waals surface area contributed by atoms with Crippen LogP contribution in [0.25, 0.3) is 0 Å². The number of hydrogen-bond donors (Lipinski definition) is 1. The highest BCUT2D eigenvalue weighted by Gasteiger charge is 2.53. The summed E-state index contributed by atoms with van der Waals surface area (Å²) in [5.41, 5.74) is 1.20. The molecule has 2 aliphatic carbocycles. The molecule has 2 aliphatic rings. The van der Waals surface area contributed by atoms with E-state index in [1.54, 1.807) is 12.1 Å². The SMILES string of the molecule is CC(C)CNCC1(Cc2ccccc2F)CC2CC2C1. The van der Waals surface area contributed by atoms with E-state index in [-0.39, 0.29) is 5.82 Å². The van der Waals surface area contributed by atoms with Crippen LogP contribution in [-0.2, 0) is 6.42 Å². The molecule has 0 amide bonds. The van der Waals surface area contributed by atoms with Gasteiger partial charge in [-0.1, -0.05) is 32.0 Å². The molecule has 1 nitrogen and oxygen atoms in total. The Hall–Kier alpha value is -0.890. The van der Waals surface area contributed by atoms with Crippen LogP contribution in [-0.4, -0.2) is 13.1 Å². The predicted octanol–water partition coefficient (Wildman–Crippen LogP) is 4.03. The number of halogens is 1. The van der Waals surface area contributed by atoms with Crippen LogP contribution in [0.4, 0.5) is 4.39 Å². The van der Waals surface area contributed by atoms with Crippen LogP contribution >= 0.6 is 0 Å². The molecule has 0 aromatic heterocycles. The second-order valence-corrected chi connectivity index (χ2v) is 7.46. The summed E-state index contributed by atoms with van der Waals surface area (Å²) < 4.78 is 14.0. The quantitative estimate of drug-likeness (QED) is 0.826. The van der Waals surface area contributed by atoms with Crippen molar-refractivity contribution in [3.8, 4) is 0 Å². The lowest BCUT2D eigenvalue weighted by Crippen LogP contribution is -2.37. The van der Waals surface area contributed by atoms with Crippen molar-refractivity contribution in [3.63, 3.8) is 0 Å². The van der Waals surface area contributed by atoms with Gasteiger partial charge >= 0.3 is 0 Å². The fourth-order valence-corrected chi connectivity index (χ4v) is 4.03. The zero-order valence-corrected chi connectivity index (χ0v) is 12.7. The minimum Gasteiger partial charge on any atom is -0.316 e. The highest BCUT2D eigenvalue weighted by atomic mass is 19.1. The van der Waals surface area contributed by atoms with E-state index in [4.69, 9.17) is 0 Å². The number of hydrogen-bond acceptors (Lipinski definition) is 1. The molecule has 110 valence electrons. The van der Waals surface area contributed by atoms with Gasteiger partial charge in [-0.2, -0.15) is 0 Å². The van der Waals surface area contributed by atoms with E-state index < -0.39 is 0 Å². The van der Waals surface area contributed by atoms with Gasteiger partial charge < -0.3 is 5.32 Å². The average molecular weight is 275 g/mol. The van der Waals surface area contributed by atoms with Crippen molar-refractivity contribution in [2.24, 2.45) is 23.2 Å². The Morgan fingerprint density at radius 3 is 2.60 bits per heavy atom. The van der Waals surface area contributed by atoms with E-state index in [0.29, 0.717) is 11.3 Å². The largest absolute Gasteiger partial charge is 0.316 e. The summed E-state index contributed by atoms with van der Waals surface area (Å²) in [5.74, 6) is 2.51. The minimum absolute atomic E-state index is 0.0312. The molecule has 0 bridgehead atoms. The first-order valence-corrected chi connectivity index (χ1v) is 8.02. The van der Waals surface area contributed by atoms with Crippen LogP contribution in [0.3, 0.4) is 0 Å². The fraction of sp³-hybridized carbons (Fsp3) is 0.667. The molecule has 1 aromatic rings. The first-order chi connectivity index (χ1) is 9.58. The molecule has 0 spiro atoms. The maximum absolute atomic E-state index is 14.0. The van der Waals surface area contributed by atoms with Gasteiger partial charge in [0.2, 0.25) is 0 Å². The Labute approximate surface area is 122 Å². The Bertz CT molecular complexity index is 458. The lowest BCUT2D eigenvalue weighted by molar-refractivity contribution is 0.242. The second-order valence-electron chi connectivity index (χ2n) is 7.46. The molecule has 2 unspecified atom stereocenters. The molecule has 3 rings (SSSR count). The highest BCUT2D eigenvalue weighted by Crippen LogP contribution is 2.60. The third-order valence-corrected chi connectivity index (χ3v) is 5.04. The maximum Gasteiger partial charge on any atom is 0.126 e. The second kappa shape index (κ2) is 5.48. The van der Waals surface area contributed by atoms with Crippen molar-refractivity contribution in [1.29, 1.82) is 0 Å². The van der Waals surface area contributed by atoms with E-state index in [0.717, 1.165) is 36.9 Å². The summed E-state index contributed by atoms with van der Waals surface area (Å²) >= 11 is 0. The van der Waals surface area contributed by atoms with Crippen molar-refractivity contribution in [3.05, 3.63) is 35.6 Å². The zero-order valence-electron chi connectivity index (χ0n) is 12.7. The van der Waals surface area contributed by atoms with Gasteiger partial charge in [0, 0.05) is 6.54 Å². The van der Waals surface area contributed by atoms with E-state index in [2.05, 4.69) is 19.2 Å². The van der Waals surface area contributed by atoms with Gasteiger partial charge in [0.1, 0.15) is 5.82 Å². The first kappa shape index (κ1) is 14.1. The van der Waals surface area contributed by atoms with Crippen molar-refractivity contribution in [2.45, 2.75) is 39.5 Å². The van der Waals surface area contributed by atoms with Crippen molar-refractivity contribution in [1.82, 2.24) is 5.32 Å². The Morgan fingerprint density at radius 1 is 1.25 bits per heavy atom. The van der Waals surface area contributed by atoms with E-state index in [1.807, 2.05) is 12.1 Å². The summed E-state index contributed by atoms with van der Waals surface area (Å²) in [5, 5.41) is 3.63. The molecular formula is C18H26FN. The topological polar surface area (TPSA) is 12.0 Å². The van der Waals surface area contributed by atoms with Crippen LogP contribution in [0.15, 0.2) is 24.3 Å². The van der Waals surface area contributed by atoms with Gasteiger partial charge in [0.15, 0.2) is 0 Å². The molecule has 1 aromatic carbocycles. The van der Waals surface area contributed by atoms with Crippen LogP contribution in [0.2, 0.25) is 0 Å². The molecule has 1 N–H and O–H groups in total. The summed E-state index contributed by atoms with van der Waals surface area (Å²) in [6, 6.07) is 7.31. The Morgan fingerprint density at radius 2 is 1.95 bits per heavy atom. The average Bonchev–Trinajstić information content (AvgIpc) is 3.00. The number of fused-ring (bicyclic) bond motifs is 1. The van der Waals surface area contributed by atoms with Crippen molar-refractivity contribution < 1.29 is 4.39 Å². The number of benzene rings is 1. The van der Waals surface area contributed by atoms with Crippen molar-refractivity contribution >= 4 is 0 Å². The standard InChI is InChI=1S/C18H26FN/c1-13(2)11-20-12-18(9-15-7-16(15)10-18)8-14-5-3-4-6-17(14)19/h3-6,13,15-16,20H,7-12H2,1-2H3. The van der Waals surface area contributed by atoms with Gasteiger partial charge in [-0.05, 0) is 67.0 Å². The molecule has 0 aliphatic heterocycles. The van der Waals surface area contributed by atoms with E-state index in [1.165, 1.54) is 19.3 Å². The van der Waals surface area contributed by atoms with Crippen LogP contribution in [0.1, 0.15) is 38.7 Å². The first-order valence-electron chi connectivity index (χ1n) is 8.02. The lowest BCUT2D eigenvalue weighted by atomic mass is 9.77. The van der Waals surface area contributed by atoms with Gasteiger partial charge in [-0.25, -0.2) is 4.39 Å². The summed E-state index contributed by atoms with van der Waals surface area (Å²) in [6.07, 6.45) is 4.90. The summed E-state index contributed by atoms with van der Waals surface area (Å²) in [4.78, 5) is 0. The molecule has 0 saturated heterocycles. The molecule has 0 radical (unpaired) electrons. The minimum atomic E-state index is -0.0312.